The lowest BCUT2D eigenvalue weighted by molar-refractivity contribution is 0.103. The number of carbonyl (C=O) groups excluding carboxylic acids is 2. The lowest BCUT2D eigenvalue weighted by Crippen LogP contribution is -2.25. The van der Waals surface area contributed by atoms with Gasteiger partial charge >= 0.3 is 6.09 Å². The maximum Gasteiger partial charge on any atom is 0.407 e. The first-order valence-electron chi connectivity index (χ1n) is 15.8. The van der Waals surface area contributed by atoms with Crippen molar-refractivity contribution in [2.75, 3.05) is 11.9 Å². The van der Waals surface area contributed by atoms with Crippen molar-refractivity contribution in [3.63, 3.8) is 0 Å². The molecule has 5 rings (SSSR count). The highest BCUT2D eigenvalue weighted by molar-refractivity contribution is 6.12. The van der Waals surface area contributed by atoms with E-state index in [1.165, 1.54) is 0 Å². The molecule has 8 heteroatoms. The number of amides is 1. The highest BCUT2D eigenvalue weighted by Crippen LogP contribution is 2.28. The Labute approximate surface area is 270 Å². The average Bonchev–Trinajstić information content (AvgIpc) is 3.55. The van der Waals surface area contributed by atoms with Gasteiger partial charge in [-0.3, -0.25) is 4.79 Å². The number of anilines is 1. The molecule has 1 atom stereocenters. The first-order valence-corrected chi connectivity index (χ1v) is 15.8. The third kappa shape index (κ3) is 8.69. The van der Waals surface area contributed by atoms with Gasteiger partial charge in [-0.15, -0.1) is 10.2 Å². The zero-order valence-corrected chi connectivity index (χ0v) is 26.5. The van der Waals surface area contributed by atoms with Crippen LogP contribution in [0.2, 0.25) is 0 Å². The minimum absolute atomic E-state index is 0.0612. The summed E-state index contributed by atoms with van der Waals surface area (Å²) in [4.78, 5) is 25.4. The Morgan fingerprint density at radius 2 is 1.59 bits per heavy atom. The number of carbonyl (C=O) groups is 2. The molecule has 0 aliphatic rings. The molecule has 0 fully saturated rings. The quantitative estimate of drug-likeness (QED) is 0.121. The van der Waals surface area contributed by atoms with Crippen molar-refractivity contribution in [2.24, 2.45) is 5.92 Å². The van der Waals surface area contributed by atoms with Gasteiger partial charge in [0.05, 0.1) is 6.61 Å². The molecule has 5 aromatic rings. The van der Waals surface area contributed by atoms with Gasteiger partial charge in [0.2, 0.25) is 11.8 Å². The molecule has 0 spiro atoms. The fourth-order valence-corrected chi connectivity index (χ4v) is 5.06. The minimum Gasteiger partial charge on any atom is -0.449 e. The van der Waals surface area contributed by atoms with Crippen LogP contribution in [0.3, 0.4) is 0 Å². The molecule has 46 heavy (non-hydrogen) atoms. The summed E-state index contributed by atoms with van der Waals surface area (Å²) >= 11 is 0. The van der Waals surface area contributed by atoms with Crippen LogP contribution in [0.5, 0.6) is 0 Å². The topological polar surface area (TPSA) is 106 Å². The fourth-order valence-electron chi connectivity index (χ4n) is 5.06. The summed E-state index contributed by atoms with van der Waals surface area (Å²) in [5, 5.41) is 15.0. The summed E-state index contributed by atoms with van der Waals surface area (Å²) in [5.74, 6) is 1.29. The minimum atomic E-state index is -0.415. The monoisotopic (exact) mass is 616 g/mol. The Morgan fingerprint density at radius 1 is 0.826 bits per heavy atom. The Hall–Kier alpha value is -5.24. The second-order valence-corrected chi connectivity index (χ2v) is 11.7. The fraction of sp³-hybridized carbons (Fsp3) is 0.263. The molecular formula is C38H40N4O4. The van der Waals surface area contributed by atoms with Crippen molar-refractivity contribution in [2.45, 2.75) is 52.6 Å². The van der Waals surface area contributed by atoms with E-state index in [-0.39, 0.29) is 17.7 Å². The average molecular weight is 617 g/mol. The van der Waals surface area contributed by atoms with Crippen LogP contribution in [-0.4, -0.2) is 28.7 Å². The maximum atomic E-state index is 13.4. The molecule has 0 bridgehead atoms. The first-order chi connectivity index (χ1) is 22.4. The normalized spacial score (nSPS) is 11.7. The van der Waals surface area contributed by atoms with Crippen molar-refractivity contribution < 1.29 is 18.7 Å². The van der Waals surface area contributed by atoms with Crippen LogP contribution in [-0.2, 0) is 24.1 Å². The van der Waals surface area contributed by atoms with E-state index in [0.717, 1.165) is 28.7 Å². The second-order valence-electron chi connectivity index (χ2n) is 11.7. The molecule has 0 saturated heterocycles. The number of hydrogen-bond donors (Lipinski definition) is 2. The van der Waals surface area contributed by atoms with Crippen LogP contribution >= 0.6 is 0 Å². The number of nitrogens with zero attached hydrogens (tertiary/aromatic N) is 2. The van der Waals surface area contributed by atoms with Gasteiger partial charge in [0.1, 0.15) is 6.04 Å². The van der Waals surface area contributed by atoms with E-state index in [0.29, 0.717) is 54.6 Å². The molecule has 1 unspecified atom stereocenters. The van der Waals surface area contributed by atoms with Crippen LogP contribution < -0.4 is 10.6 Å². The number of aromatic nitrogens is 2. The maximum absolute atomic E-state index is 13.4. The second kappa shape index (κ2) is 15.7. The van der Waals surface area contributed by atoms with Crippen molar-refractivity contribution in [3.8, 4) is 11.1 Å². The largest absolute Gasteiger partial charge is 0.449 e. The van der Waals surface area contributed by atoms with Crippen molar-refractivity contribution in [1.82, 2.24) is 15.5 Å². The number of aryl methyl sites for hydroxylation is 1. The van der Waals surface area contributed by atoms with E-state index >= 15 is 0 Å². The molecule has 4 aromatic carbocycles. The van der Waals surface area contributed by atoms with Crippen LogP contribution in [0.1, 0.15) is 72.1 Å². The van der Waals surface area contributed by atoms with Gasteiger partial charge < -0.3 is 19.8 Å². The molecule has 0 saturated carbocycles. The molecule has 0 aliphatic heterocycles. The number of benzene rings is 4. The Kier molecular flexibility index (Phi) is 10.9. The van der Waals surface area contributed by atoms with Gasteiger partial charge in [0.25, 0.3) is 0 Å². The SMILES string of the molecule is CCCc1nnc(C(Cc2ccc(-c3cccc(CNC(=O)OCC(C)C)c3)cc2)Nc2ccccc2C(=O)c2ccccc2)o1. The molecule has 1 aromatic heterocycles. The molecule has 0 radical (unpaired) electrons. The Bertz CT molecular complexity index is 1730. The van der Waals surface area contributed by atoms with Crippen molar-refractivity contribution in [3.05, 3.63) is 137 Å². The van der Waals surface area contributed by atoms with E-state index in [1.54, 1.807) is 0 Å². The van der Waals surface area contributed by atoms with Gasteiger partial charge in [-0.05, 0) is 52.8 Å². The highest BCUT2D eigenvalue weighted by atomic mass is 16.5. The summed E-state index contributed by atoms with van der Waals surface area (Å²) in [6, 6.07) is 32.8. The summed E-state index contributed by atoms with van der Waals surface area (Å²) in [5.41, 5.74) is 6.05. The molecule has 1 heterocycles. The summed E-state index contributed by atoms with van der Waals surface area (Å²) in [7, 11) is 0. The van der Waals surface area contributed by atoms with E-state index in [9.17, 15) is 9.59 Å². The summed E-state index contributed by atoms with van der Waals surface area (Å²) < 4.78 is 11.3. The number of rotatable bonds is 14. The Morgan fingerprint density at radius 3 is 2.35 bits per heavy atom. The lowest BCUT2D eigenvalue weighted by Gasteiger charge is -2.19. The van der Waals surface area contributed by atoms with E-state index < -0.39 is 6.09 Å². The highest BCUT2D eigenvalue weighted by Gasteiger charge is 2.22. The van der Waals surface area contributed by atoms with Gasteiger partial charge in [-0.2, -0.15) is 0 Å². The van der Waals surface area contributed by atoms with E-state index in [2.05, 4.69) is 58.1 Å². The molecule has 0 aliphatic carbocycles. The van der Waals surface area contributed by atoms with Crippen LogP contribution in [0.25, 0.3) is 11.1 Å². The van der Waals surface area contributed by atoms with Crippen LogP contribution in [0.15, 0.2) is 108 Å². The predicted octanol–water partition coefficient (Wildman–Crippen LogP) is 8.20. The number of alkyl carbamates (subject to hydrolysis) is 1. The summed E-state index contributed by atoms with van der Waals surface area (Å²) in [6.45, 7) is 6.84. The molecule has 236 valence electrons. The third-order valence-corrected chi connectivity index (χ3v) is 7.42. The standard InChI is InChI=1S/C38H40N4O4/c1-4-11-35-41-42-37(46-35)34(40-33-17-9-8-16-32(33)36(43)30-13-6-5-7-14-30)23-27-18-20-29(21-19-27)31-15-10-12-28(22-31)24-39-38(44)45-25-26(2)3/h5-10,12-22,26,34,40H,4,11,23-25H2,1-3H3,(H,39,44). The van der Waals surface area contributed by atoms with E-state index in [4.69, 9.17) is 9.15 Å². The van der Waals surface area contributed by atoms with E-state index in [1.807, 2.05) is 86.6 Å². The predicted molar refractivity (Wildman–Crippen MR) is 180 cm³/mol. The Balaban J connectivity index is 1.33. The zero-order chi connectivity index (χ0) is 32.3. The zero-order valence-electron chi connectivity index (χ0n) is 26.5. The third-order valence-electron chi connectivity index (χ3n) is 7.42. The van der Waals surface area contributed by atoms with Gasteiger partial charge in [-0.1, -0.05) is 106 Å². The number of para-hydroxylation sites is 1. The van der Waals surface area contributed by atoms with Crippen molar-refractivity contribution >= 4 is 17.6 Å². The first kappa shape index (κ1) is 32.2. The smallest absolute Gasteiger partial charge is 0.407 e. The van der Waals surface area contributed by atoms with Gasteiger partial charge in [0.15, 0.2) is 5.78 Å². The lowest BCUT2D eigenvalue weighted by atomic mass is 9.98. The number of hydrogen-bond acceptors (Lipinski definition) is 7. The molecule has 1 amide bonds. The molecule has 2 N–H and O–H groups in total. The summed E-state index contributed by atoms with van der Waals surface area (Å²) in [6.07, 6.45) is 1.74. The van der Waals surface area contributed by atoms with Crippen molar-refractivity contribution in [1.29, 1.82) is 0 Å². The molecular weight excluding hydrogens is 576 g/mol. The number of nitrogens with one attached hydrogen (secondary N) is 2. The number of ketones is 1. The van der Waals surface area contributed by atoms with Crippen LogP contribution in [0, 0.1) is 5.92 Å². The van der Waals surface area contributed by atoms with Crippen LogP contribution in [0.4, 0.5) is 10.5 Å². The molecule has 8 nitrogen and oxygen atoms in total. The van der Waals surface area contributed by atoms with Gasteiger partial charge in [0, 0.05) is 36.2 Å². The number of ether oxygens (including phenoxy) is 1. The van der Waals surface area contributed by atoms with Gasteiger partial charge in [-0.25, -0.2) is 4.79 Å².